The van der Waals surface area contributed by atoms with Crippen molar-refractivity contribution in [2.45, 2.75) is 12.5 Å². The van der Waals surface area contributed by atoms with E-state index in [2.05, 4.69) is 4.74 Å². The van der Waals surface area contributed by atoms with Gasteiger partial charge < -0.3 is 15.0 Å². The van der Waals surface area contributed by atoms with E-state index in [1.807, 2.05) is 24.3 Å². The molecule has 0 fully saturated rings. The van der Waals surface area contributed by atoms with E-state index in [-0.39, 0.29) is 12.4 Å². The van der Waals surface area contributed by atoms with Crippen LogP contribution < -0.4 is 11.0 Å². The van der Waals surface area contributed by atoms with Crippen molar-refractivity contribution in [3.05, 3.63) is 29.8 Å². The maximum Gasteiger partial charge on any atom is 0.322 e. The Labute approximate surface area is 114 Å². The molecule has 0 amide bonds. The largest absolute Gasteiger partial charge is 0.468 e. The standard InChI is InChI=1S/C12H18NO3P.ClH/c1-16-12(14)11(13)8-9-5-4-6-10(7-9)17(2,3)15;/h4-7,11H,8,13H2,1-3H3;1H. The van der Waals surface area contributed by atoms with Gasteiger partial charge in [0.15, 0.2) is 0 Å². The van der Waals surface area contributed by atoms with Gasteiger partial charge in [-0.2, -0.15) is 0 Å². The zero-order valence-corrected chi connectivity index (χ0v) is 12.5. The Morgan fingerprint density at radius 2 is 2.06 bits per heavy atom. The summed E-state index contributed by atoms with van der Waals surface area (Å²) in [6.07, 6.45) is 0.389. The molecular formula is C12H19ClNO3P. The van der Waals surface area contributed by atoms with Gasteiger partial charge in [-0.1, -0.05) is 18.2 Å². The number of rotatable bonds is 4. The summed E-state index contributed by atoms with van der Waals surface area (Å²) in [4.78, 5) is 11.2. The fraction of sp³-hybridized carbons (Fsp3) is 0.417. The van der Waals surface area contributed by atoms with Gasteiger partial charge in [0.1, 0.15) is 13.2 Å². The maximum absolute atomic E-state index is 11.9. The normalized spacial score (nSPS) is 12.4. The van der Waals surface area contributed by atoms with Crippen LogP contribution in [0.1, 0.15) is 5.56 Å². The third-order valence-corrected chi connectivity index (χ3v) is 4.01. The molecule has 0 aliphatic heterocycles. The Balaban J connectivity index is 0.00000289. The van der Waals surface area contributed by atoms with Gasteiger partial charge in [-0.05, 0) is 31.4 Å². The molecular weight excluding hydrogens is 273 g/mol. The van der Waals surface area contributed by atoms with Gasteiger partial charge in [-0.3, -0.25) is 4.79 Å². The molecule has 0 heterocycles. The van der Waals surface area contributed by atoms with Gasteiger partial charge in [0.25, 0.3) is 0 Å². The van der Waals surface area contributed by atoms with E-state index in [0.29, 0.717) is 6.42 Å². The van der Waals surface area contributed by atoms with Crippen molar-refractivity contribution in [2.75, 3.05) is 20.4 Å². The number of carbonyl (C=O) groups excluding carboxylic acids is 1. The lowest BCUT2D eigenvalue weighted by Gasteiger charge is -2.12. The molecule has 0 spiro atoms. The maximum atomic E-state index is 11.9. The molecule has 0 aliphatic rings. The first-order valence-electron chi connectivity index (χ1n) is 5.32. The molecule has 18 heavy (non-hydrogen) atoms. The molecule has 4 nitrogen and oxygen atoms in total. The molecule has 6 heteroatoms. The van der Waals surface area contributed by atoms with Crippen LogP contribution in [-0.4, -0.2) is 32.5 Å². The number of esters is 1. The summed E-state index contributed by atoms with van der Waals surface area (Å²) in [6, 6.07) is 6.68. The molecule has 102 valence electrons. The van der Waals surface area contributed by atoms with Crippen molar-refractivity contribution in [1.29, 1.82) is 0 Å². The summed E-state index contributed by atoms with van der Waals surface area (Å²) in [5.74, 6) is -0.438. The van der Waals surface area contributed by atoms with Crippen LogP contribution in [0.5, 0.6) is 0 Å². The molecule has 0 bridgehead atoms. The number of carbonyl (C=O) groups is 1. The number of hydrogen-bond donors (Lipinski definition) is 1. The molecule has 1 rings (SSSR count). The van der Waals surface area contributed by atoms with Gasteiger partial charge in [-0.15, -0.1) is 12.4 Å². The van der Waals surface area contributed by atoms with E-state index in [0.717, 1.165) is 10.9 Å². The topological polar surface area (TPSA) is 69.4 Å². The van der Waals surface area contributed by atoms with Crippen molar-refractivity contribution >= 4 is 30.8 Å². The minimum Gasteiger partial charge on any atom is -0.468 e. The molecule has 0 aromatic heterocycles. The van der Waals surface area contributed by atoms with Gasteiger partial charge in [0, 0.05) is 5.30 Å². The molecule has 1 aromatic carbocycles. The lowest BCUT2D eigenvalue weighted by molar-refractivity contribution is -0.142. The van der Waals surface area contributed by atoms with E-state index in [1.54, 1.807) is 13.3 Å². The number of nitrogens with two attached hydrogens (primary N) is 1. The van der Waals surface area contributed by atoms with Crippen molar-refractivity contribution < 1.29 is 14.1 Å². The summed E-state index contributed by atoms with van der Waals surface area (Å²) in [7, 11) is -0.966. The van der Waals surface area contributed by atoms with Gasteiger partial charge >= 0.3 is 5.97 Å². The average molecular weight is 292 g/mol. The van der Waals surface area contributed by atoms with Crippen LogP contribution in [0.4, 0.5) is 0 Å². The molecule has 0 saturated heterocycles. The number of halogens is 1. The van der Waals surface area contributed by atoms with Gasteiger partial charge in [0.05, 0.1) is 7.11 Å². The van der Waals surface area contributed by atoms with Crippen molar-refractivity contribution in [2.24, 2.45) is 5.73 Å². The predicted octanol–water partition coefficient (Wildman–Crippen LogP) is 1.40. The van der Waals surface area contributed by atoms with Crippen LogP contribution >= 0.6 is 19.5 Å². The minimum atomic E-state index is -2.28. The average Bonchev–Trinajstić information content (AvgIpc) is 2.27. The molecule has 1 unspecified atom stereocenters. The lowest BCUT2D eigenvalue weighted by Crippen LogP contribution is -2.33. The highest BCUT2D eigenvalue weighted by Gasteiger charge is 2.16. The SMILES string of the molecule is COC(=O)C(N)Cc1cccc(P(C)(C)=O)c1.Cl. The predicted molar refractivity (Wildman–Crippen MR) is 76.5 cm³/mol. The van der Waals surface area contributed by atoms with E-state index in [4.69, 9.17) is 5.73 Å². The van der Waals surface area contributed by atoms with Gasteiger partial charge in [0.2, 0.25) is 0 Å². The second kappa shape index (κ2) is 6.93. The third kappa shape index (κ3) is 4.81. The van der Waals surface area contributed by atoms with Crippen molar-refractivity contribution in [3.8, 4) is 0 Å². The second-order valence-corrected chi connectivity index (χ2v) is 7.57. The number of hydrogen-bond acceptors (Lipinski definition) is 4. The summed E-state index contributed by atoms with van der Waals surface area (Å²) < 4.78 is 16.5. The summed E-state index contributed by atoms with van der Waals surface area (Å²) in [5.41, 5.74) is 6.57. The van der Waals surface area contributed by atoms with E-state index in [1.165, 1.54) is 7.11 Å². The molecule has 0 radical (unpaired) electrons. The molecule has 0 saturated carbocycles. The monoisotopic (exact) mass is 291 g/mol. The van der Waals surface area contributed by atoms with Crippen molar-refractivity contribution in [3.63, 3.8) is 0 Å². The number of ether oxygens (including phenoxy) is 1. The highest BCUT2D eigenvalue weighted by molar-refractivity contribution is 7.70. The number of methoxy groups -OCH3 is 1. The Kier molecular flexibility index (Phi) is 6.61. The quantitative estimate of drug-likeness (QED) is 0.672. The molecule has 1 aromatic rings. The van der Waals surface area contributed by atoms with Gasteiger partial charge in [-0.25, -0.2) is 0 Å². The number of benzene rings is 1. The second-order valence-electron chi connectivity index (χ2n) is 4.35. The molecule has 1 atom stereocenters. The van der Waals surface area contributed by atoms with Crippen molar-refractivity contribution in [1.82, 2.24) is 0 Å². The van der Waals surface area contributed by atoms with E-state index < -0.39 is 19.2 Å². The Morgan fingerprint density at radius 1 is 1.44 bits per heavy atom. The van der Waals surface area contributed by atoms with Crippen LogP contribution in [0.2, 0.25) is 0 Å². The Bertz CT molecular complexity index is 458. The first-order chi connectivity index (χ1) is 7.84. The summed E-state index contributed by atoms with van der Waals surface area (Å²) >= 11 is 0. The Hall–Kier alpha value is -0.830. The van der Waals surface area contributed by atoms with Crippen LogP contribution in [-0.2, 0) is 20.5 Å². The fourth-order valence-electron chi connectivity index (χ4n) is 1.51. The van der Waals surface area contributed by atoms with Crippen LogP contribution in [0.3, 0.4) is 0 Å². The highest BCUT2D eigenvalue weighted by Crippen LogP contribution is 2.34. The summed E-state index contributed by atoms with van der Waals surface area (Å²) in [6.45, 7) is 3.43. The van der Waals surface area contributed by atoms with Crippen LogP contribution in [0.25, 0.3) is 0 Å². The first-order valence-corrected chi connectivity index (χ1v) is 7.92. The minimum absolute atomic E-state index is 0. The molecule has 2 N–H and O–H groups in total. The zero-order chi connectivity index (χ0) is 13.1. The Morgan fingerprint density at radius 3 is 2.56 bits per heavy atom. The molecule has 0 aliphatic carbocycles. The van der Waals surface area contributed by atoms with E-state index >= 15 is 0 Å². The first kappa shape index (κ1) is 17.2. The smallest absolute Gasteiger partial charge is 0.322 e. The lowest BCUT2D eigenvalue weighted by atomic mass is 10.1. The zero-order valence-electron chi connectivity index (χ0n) is 10.8. The van der Waals surface area contributed by atoms with Crippen LogP contribution in [0, 0.1) is 0 Å². The van der Waals surface area contributed by atoms with Crippen LogP contribution in [0.15, 0.2) is 24.3 Å². The highest BCUT2D eigenvalue weighted by atomic mass is 35.5. The third-order valence-electron chi connectivity index (χ3n) is 2.49. The fourth-order valence-corrected chi connectivity index (χ4v) is 2.43. The van der Waals surface area contributed by atoms with E-state index in [9.17, 15) is 9.36 Å². The summed E-state index contributed by atoms with van der Waals surface area (Å²) in [5, 5.41) is 0.798.